The SMILES string of the molecule is COC(=O)c1c(C)n(C2CC2)c2ccc(OC(=O)Cc3c(C)nn(CC(C)C)c3C)cc12. The van der Waals surface area contributed by atoms with Gasteiger partial charge in [0, 0.05) is 40.4 Å². The average Bonchev–Trinajstić information content (AvgIpc) is 3.48. The molecule has 0 bridgehead atoms. The molecule has 0 N–H and O–H groups in total. The number of nitrogens with zero attached hydrogens (tertiary/aromatic N) is 3. The Hall–Kier alpha value is -3.09. The van der Waals surface area contributed by atoms with Crippen LogP contribution in [0.3, 0.4) is 0 Å². The first kappa shape index (κ1) is 22.1. The Morgan fingerprint density at radius 2 is 1.88 bits per heavy atom. The van der Waals surface area contributed by atoms with E-state index < -0.39 is 0 Å². The molecule has 2 aromatic heterocycles. The third-order valence-electron chi connectivity index (χ3n) is 6.14. The highest BCUT2D eigenvalue weighted by atomic mass is 16.5. The van der Waals surface area contributed by atoms with Crippen molar-refractivity contribution in [2.24, 2.45) is 5.92 Å². The van der Waals surface area contributed by atoms with Gasteiger partial charge in [0.25, 0.3) is 0 Å². The number of methoxy groups -OCH3 is 1. The van der Waals surface area contributed by atoms with Gasteiger partial charge in [0.05, 0.1) is 24.8 Å². The molecule has 0 spiro atoms. The lowest BCUT2D eigenvalue weighted by Gasteiger charge is -2.09. The highest BCUT2D eigenvalue weighted by Gasteiger charge is 2.30. The molecule has 1 aliphatic carbocycles. The summed E-state index contributed by atoms with van der Waals surface area (Å²) >= 11 is 0. The van der Waals surface area contributed by atoms with Crippen molar-refractivity contribution in [2.45, 2.75) is 66.5 Å². The number of fused-ring (bicyclic) bond motifs is 1. The lowest BCUT2D eigenvalue weighted by atomic mass is 10.1. The molecule has 0 atom stereocenters. The first-order chi connectivity index (χ1) is 15.2. The summed E-state index contributed by atoms with van der Waals surface area (Å²) in [5.41, 5.74) is 5.14. The van der Waals surface area contributed by atoms with Crippen LogP contribution in [0.2, 0.25) is 0 Å². The Morgan fingerprint density at radius 1 is 1.16 bits per heavy atom. The summed E-state index contributed by atoms with van der Waals surface area (Å²) in [6.07, 6.45) is 2.36. The standard InChI is InChI=1S/C25H31N3O4/c1-14(2)13-27-16(4)20(15(3)26-27)12-23(29)32-19-9-10-22-21(11-19)24(25(30)31-6)17(5)28(22)18-7-8-18/h9-11,14,18H,7-8,12-13H2,1-6H3. The van der Waals surface area contributed by atoms with Gasteiger partial charge in [-0.1, -0.05) is 13.8 Å². The number of carbonyl (C=O) groups excluding carboxylic acids is 2. The molecule has 0 unspecified atom stereocenters. The van der Waals surface area contributed by atoms with Crippen molar-refractivity contribution in [1.29, 1.82) is 0 Å². The fourth-order valence-electron chi connectivity index (χ4n) is 4.47. The first-order valence-corrected chi connectivity index (χ1v) is 11.2. The zero-order valence-corrected chi connectivity index (χ0v) is 19.7. The minimum absolute atomic E-state index is 0.153. The predicted molar refractivity (Wildman–Crippen MR) is 122 cm³/mol. The van der Waals surface area contributed by atoms with Gasteiger partial charge < -0.3 is 14.0 Å². The zero-order valence-electron chi connectivity index (χ0n) is 19.7. The van der Waals surface area contributed by atoms with Crippen molar-refractivity contribution in [3.8, 4) is 5.75 Å². The largest absolute Gasteiger partial charge is 0.465 e. The third kappa shape index (κ3) is 4.04. The van der Waals surface area contributed by atoms with Crippen molar-refractivity contribution < 1.29 is 19.1 Å². The molecular formula is C25H31N3O4. The van der Waals surface area contributed by atoms with E-state index in [-0.39, 0.29) is 18.4 Å². The molecule has 1 fully saturated rings. The Bertz CT molecular complexity index is 1200. The Balaban J connectivity index is 1.60. The van der Waals surface area contributed by atoms with E-state index in [9.17, 15) is 9.59 Å². The van der Waals surface area contributed by atoms with Crippen LogP contribution in [0.15, 0.2) is 18.2 Å². The summed E-state index contributed by atoms with van der Waals surface area (Å²) in [6, 6.07) is 5.90. The molecule has 170 valence electrons. The molecule has 0 aliphatic heterocycles. The minimum atomic E-state index is -0.376. The summed E-state index contributed by atoms with van der Waals surface area (Å²) in [4.78, 5) is 25.2. The Labute approximate surface area is 188 Å². The lowest BCUT2D eigenvalue weighted by molar-refractivity contribution is -0.133. The van der Waals surface area contributed by atoms with Crippen LogP contribution in [0, 0.1) is 26.7 Å². The van der Waals surface area contributed by atoms with Crippen molar-refractivity contribution >= 4 is 22.8 Å². The summed E-state index contributed by atoms with van der Waals surface area (Å²) in [5.74, 6) is 0.164. The molecule has 1 aromatic carbocycles. The maximum absolute atomic E-state index is 12.8. The van der Waals surface area contributed by atoms with Gasteiger partial charge in [-0.3, -0.25) is 9.48 Å². The molecule has 2 heterocycles. The topological polar surface area (TPSA) is 75.3 Å². The lowest BCUT2D eigenvalue weighted by Crippen LogP contribution is -2.13. The molecule has 32 heavy (non-hydrogen) atoms. The molecule has 7 heteroatoms. The van der Waals surface area contributed by atoms with Crippen LogP contribution in [0.5, 0.6) is 5.75 Å². The number of rotatable bonds is 7. The fourth-order valence-corrected chi connectivity index (χ4v) is 4.47. The van der Waals surface area contributed by atoms with Crippen LogP contribution in [-0.2, 0) is 22.5 Å². The number of ether oxygens (including phenoxy) is 2. The van der Waals surface area contributed by atoms with Crippen molar-refractivity contribution in [3.05, 3.63) is 46.4 Å². The second-order valence-corrected chi connectivity index (χ2v) is 9.11. The van der Waals surface area contributed by atoms with E-state index in [4.69, 9.17) is 9.47 Å². The molecule has 1 saturated carbocycles. The number of aromatic nitrogens is 3. The van der Waals surface area contributed by atoms with E-state index >= 15 is 0 Å². The number of carbonyl (C=O) groups is 2. The molecular weight excluding hydrogens is 406 g/mol. The smallest absolute Gasteiger partial charge is 0.340 e. The molecule has 1 aliphatic rings. The Kier molecular flexibility index (Phi) is 5.84. The summed E-state index contributed by atoms with van der Waals surface area (Å²) in [6.45, 7) is 10.9. The summed E-state index contributed by atoms with van der Waals surface area (Å²) < 4.78 is 14.9. The number of aryl methyl sites for hydroxylation is 1. The minimum Gasteiger partial charge on any atom is -0.465 e. The van der Waals surface area contributed by atoms with Crippen LogP contribution in [0.25, 0.3) is 10.9 Å². The van der Waals surface area contributed by atoms with E-state index in [1.807, 2.05) is 31.5 Å². The Morgan fingerprint density at radius 3 is 2.50 bits per heavy atom. The monoisotopic (exact) mass is 437 g/mol. The van der Waals surface area contributed by atoms with Crippen molar-refractivity contribution in [2.75, 3.05) is 7.11 Å². The molecule has 0 saturated heterocycles. The number of hydrogen-bond donors (Lipinski definition) is 0. The predicted octanol–water partition coefficient (Wildman–Crippen LogP) is 4.69. The number of benzene rings is 1. The first-order valence-electron chi connectivity index (χ1n) is 11.2. The summed E-state index contributed by atoms with van der Waals surface area (Å²) in [5, 5.41) is 5.33. The van der Waals surface area contributed by atoms with Crippen LogP contribution >= 0.6 is 0 Å². The number of esters is 2. The van der Waals surface area contributed by atoms with Crippen LogP contribution < -0.4 is 4.74 Å². The van der Waals surface area contributed by atoms with E-state index in [1.54, 1.807) is 12.1 Å². The van der Waals surface area contributed by atoms with Gasteiger partial charge in [-0.25, -0.2) is 4.79 Å². The number of hydrogen-bond acceptors (Lipinski definition) is 5. The molecule has 0 amide bonds. The normalized spacial score (nSPS) is 13.7. The van der Waals surface area contributed by atoms with E-state index in [0.717, 1.165) is 52.9 Å². The van der Waals surface area contributed by atoms with Crippen LogP contribution in [0.1, 0.15) is 65.7 Å². The van der Waals surface area contributed by atoms with Crippen molar-refractivity contribution in [3.63, 3.8) is 0 Å². The highest BCUT2D eigenvalue weighted by molar-refractivity contribution is 6.06. The van der Waals surface area contributed by atoms with Gasteiger partial charge in [0.2, 0.25) is 0 Å². The van der Waals surface area contributed by atoms with Gasteiger partial charge in [-0.05, 0) is 57.7 Å². The van der Waals surface area contributed by atoms with Crippen LogP contribution in [0.4, 0.5) is 0 Å². The van der Waals surface area contributed by atoms with Gasteiger partial charge in [-0.2, -0.15) is 5.10 Å². The van der Waals surface area contributed by atoms with Gasteiger partial charge >= 0.3 is 11.9 Å². The van der Waals surface area contributed by atoms with E-state index in [0.29, 0.717) is 23.3 Å². The van der Waals surface area contributed by atoms with E-state index in [2.05, 4.69) is 23.5 Å². The quantitative estimate of drug-likeness (QED) is 0.396. The molecule has 7 nitrogen and oxygen atoms in total. The summed E-state index contributed by atoms with van der Waals surface area (Å²) in [7, 11) is 1.38. The maximum atomic E-state index is 12.8. The maximum Gasteiger partial charge on any atom is 0.340 e. The third-order valence-corrected chi connectivity index (χ3v) is 6.14. The van der Waals surface area contributed by atoms with Crippen molar-refractivity contribution in [1.82, 2.24) is 14.3 Å². The zero-order chi connectivity index (χ0) is 23.2. The van der Waals surface area contributed by atoms with E-state index in [1.165, 1.54) is 7.11 Å². The van der Waals surface area contributed by atoms with Crippen LogP contribution in [-0.4, -0.2) is 33.4 Å². The second-order valence-electron chi connectivity index (χ2n) is 9.11. The molecule has 4 rings (SSSR count). The molecule has 3 aromatic rings. The molecule has 0 radical (unpaired) electrons. The average molecular weight is 438 g/mol. The van der Waals surface area contributed by atoms with Gasteiger partial charge in [0.1, 0.15) is 5.75 Å². The second kappa shape index (κ2) is 8.45. The highest BCUT2D eigenvalue weighted by Crippen LogP contribution is 2.42. The van der Waals surface area contributed by atoms with Gasteiger partial charge in [0.15, 0.2) is 0 Å². The van der Waals surface area contributed by atoms with Gasteiger partial charge in [-0.15, -0.1) is 0 Å². The fraction of sp³-hybridized carbons (Fsp3) is 0.480.